The highest BCUT2D eigenvalue weighted by Gasteiger charge is 2.30. The fraction of sp³-hybridized carbons (Fsp3) is 0.647. The standard InChI is InChI=1S/C17H27BrN2/c1-5-9-19-13(2)14-6-7-16(15(18)11-14)20-10-8-17(3,4)12-20/h6-7,11,13,19H,5,8-10,12H2,1-4H3. The SMILES string of the molecule is CCCNC(C)c1ccc(N2CCC(C)(C)C2)c(Br)c1. The van der Waals surface area contributed by atoms with E-state index in [-0.39, 0.29) is 0 Å². The monoisotopic (exact) mass is 338 g/mol. The quantitative estimate of drug-likeness (QED) is 0.833. The third-order valence-corrected chi connectivity index (χ3v) is 4.83. The van der Waals surface area contributed by atoms with E-state index in [1.165, 1.54) is 28.6 Å². The zero-order chi connectivity index (χ0) is 14.8. The van der Waals surface area contributed by atoms with Gasteiger partial charge in [0.25, 0.3) is 0 Å². The Hall–Kier alpha value is -0.540. The third-order valence-electron chi connectivity index (χ3n) is 4.19. The fourth-order valence-electron chi connectivity index (χ4n) is 2.85. The Kier molecular flexibility index (Phi) is 5.14. The van der Waals surface area contributed by atoms with E-state index in [9.17, 15) is 0 Å². The number of rotatable bonds is 5. The number of nitrogens with one attached hydrogen (secondary N) is 1. The molecule has 0 saturated carbocycles. The summed E-state index contributed by atoms with van der Waals surface area (Å²) in [6.07, 6.45) is 2.45. The summed E-state index contributed by atoms with van der Waals surface area (Å²) >= 11 is 3.76. The summed E-state index contributed by atoms with van der Waals surface area (Å²) in [4.78, 5) is 2.50. The van der Waals surface area contributed by atoms with E-state index in [0.717, 1.165) is 19.6 Å². The summed E-state index contributed by atoms with van der Waals surface area (Å²) in [5.74, 6) is 0. The Bertz CT molecular complexity index is 456. The topological polar surface area (TPSA) is 15.3 Å². The lowest BCUT2D eigenvalue weighted by atomic mass is 9.93. The number of anilines is 1. The van der Waals surface area contributed by atoms with Crippen LogP contribution in [0.15, 0.2) is 22.7 Å². The molecular weight excluding hydrogens is 312 g/mol. The Morgan fingerprint density at radius 3 is 2.70 bits per heavy atom. The van der Waals surface area contributed by atoms with Crippen LogP contribution in [-0.4, -0.2) is 19.6 Å². The van der Waals surface area contributed by atoms with Crippen molar-refractivity contribution in [3.8, 4) is 0 Å². The second-order valence-electron chi connectivity index (χ2n) is 6.72. The highest BCUT2D eigenvalue weighted by Crippen LogP contribution is 2.36. The summed E-state index contributed by atoms with van der Waals surface area (Å²) in [6, 6.07) is 7.22. The van der Waals surface area contributed by atoms with Gasteiger partial charge in [-0.05, 0) is 65.4 Å². The van der Waals surface area contributed by atoms with Crippen molar-refractivity contribution in [2.75, 3.05) is 24.5 Å². The first-order valence-electron chi connectivity index (χ1n) is 7.71. The van der Waals surface area contributed by atoms with Crippen LogP contribution >= 0.6 is 15.9 Å². The van der Waals surface area contributed by atoms with Crippen molar-refractivity contribution in [1.29, 1.82) is 0 Å². The number of hydrogen-bond donors (Lipinski definition) is 1. The summed E-state index contributed by atoms with van der Waals surface area (Å²) < 4.78 is 1.22. The van der Waals surface area contributed by atoms with Crippen molar-refractivity contribution in [2.24, 2.45) is 5.41 Å². The van der Waals surface area contributed by atoms with Gasteiger partial charge in [-0.15, -0.1) is 0 Å². The average molecular weight is 339 g/mol. The number of benzene rings is 1. The number of nitrogens with zero attached hydrogens (tertiary/aromatic N) is 1. The predicted octanol–water partition coefficient (Wildman–Crippen LogP) is 4.75. The number of hydrogen-bond acceptors (Lipinski definition) is 2. The largest absolute Gasteiger partial charge is 0.370 e. The van der Waals surface area contributed by atoms with Crippen molar-refractivity contribution in [2.45, 2.75) is 46.6 Å². The maximum absolute atomic E-state index is 3.76. The lowest BCUT2D eigenvalue weighted by molar-refractivity contribution is 0.418. The van der Waals surface area contributed by atoms with Crippen LogP contribution in [-0.2, 0) is 0 Å². The van der Waals surface area contributed by atoms with Gasteiger partial charge in [-0.25, -0.2) is 0 Å². The molecule has 2 nitrogen and oxygen atoms in total. The van der Waals surface area contributed by atoms with Crippen molar-refractivity contribution in [3.63, 3.8) is 0 Å². The molecule has 0 bridgehead atoms. The van der Waals surface area contributed by atoms with Crippen LogP contribution < -0.4 is 10.2 Å². The van der Waals surface area contributed by atoms with Crippen molar-refractivity contribution < 1.29 is 0 Å². The maximum Gasteiger partial charge on any atom is 0.0511 e. The van der Waals surface area contributed by atoms with Crippen LogP contribution in [0.25, 0.3) is 0 Å². The highest BCUT2D eigenvalue weighted by molar-refractivity contribution is 9.10. The van der Waals surface area contributed by atoms with E-state index in [1.54, 1.807) is 0 Å². The minimum atomic E-state index is 0.412. The van der Waals surface area contributed by atoms with Gasteiger partial charge in [0.15, 0.2) is 0 Å². The molecule has 1 unspecified atom stereocenters. The van der Waals surface area contributed by atoms with E-state index in [2.05, 4.69) is 72.0 Å². The van der Waals surface area contributed by atoms with Crippen LogP contribution in [0.1, 0.15) is 52.1 Å². The van der Waals surface area contributed by atoms with Crippen LogP contribution in [0.4, 0.5) is 5.69 Å². The molecular formula is C17H27BrN2. The van der Waals surface area contributed by atoms with E-state index in [1.807, 2.05) is 0 Å². The molecule has 20 heavy (non-hydrogen) atoms. The highest BCUT2D eigenvalue weighted by atomic mass is 79.9. The Morgan fingerprint density at radius 2 is 2.15 bits per heavy atom. The molecule has 1 aliphatic rings. The van der Waals surface area contributed by atoms with Crippen LogP contribution in [0.5, 0.6) is 0 Å². The van der Waals surface area contributed by atoms with Crippen molar-refractivity contribution in [3.05, 3.63) is 28.2 Å². The van der Waals surface area contributed by atoms with Gasteiger partial charge in [0.1, 0.15) is 0 Å². The first-order valence-corrected chi connectivity index (χ1v) is 8.50. The zero-order valence-electron chi connectivity index (χ0n) is 13.2. The second-order valence-corrected chi connectivity index (χ2v) is 7.58. The lowest BCUT2D eigenvalue weighted by Crippen LogP contribution is -2.23. The molecule has 0 amide bonds. The maximum atomic E-state index is 3.76. The Morgan fingerprint density at radius 1 is 1.40 bits per heavy atom. The van der Waals surface area contributed by atoms with E-state index >= 15 is 0 Å². The van der Waals surface area contributed by atoms with Gasteiger partial charge in [0.05, 0.1) is 5.69 Å². The van der Waals surface area contributed by atoms with Crippen molar-refractivity contribution in [1.82, 2.24) is 5.32 Å². The molecule has 3 heteroatoms. The first kappa shape index (κ1) is 15.8. The van der Waals surface area contributed by atoms with Gasteiger partial charge < -0.3 is 10.2 Å². The van der Waals surface area contributed by atoms with Gasteiger partial charge in [0.2, 0.25) is 0 Å². The fourth-order valence-corrected chi connectivity index (χ4v) is 3.49. The summed E-state index contributed by atoms with van der Waals surface area (Å²) in [7, 11) is 0. The smallest absolute Gasteiger partial charge is 0.0511 e. The lowest BCUT2D eigenvalue weighted by Gasteiger charge is -2.24. The van der Waals surface area contributed by atoms with Gasteiger partial charge in [-0.1, -0.05) is 26.8 Å². The Balaban J connectivity index is 2.10. The van der Waals surface area contributed by atoms with Gasteiger partial charge in [0, 0.05) is 23.6 Å². The average Bonchev–Trinajstić information content (AvgIpc) is 2.76. The van der Waals surface area contributed by atoms with E-state index in [0.29, 0.717) is 11.5 Å². The van der Waals surface area contributed by atoms with Gasteiger partial charge in [-0.3, -0.25) is 0 Å². The van der Waals surface area contributed by atoms with Crippen LogP contribution in [0, 0.1) is 5.41 Å². The first-order chi connectivity index (χ1) is 9.43. The minimum absolute atomic E-state index is 0.412. The molecule has 0 radical (unpaired) electrons. The van der Waals surface area contributed by atoms with Gasteiger partial charge in [-0.2, -0.15) is 0 Å². The van der Waals surface area contributed by atoms with Crippen LogP contribution in [0.2, 0.25) is 0 Å². The summed E-state index contributed by atoms with van der Waals surface area (Å²) in [5, 5.41) is 3.54. The molecule has 1 fully saturated rings. The van der Waals surface area contributed by atoms with E-state index in [4.69, 9.17) is 0 Å². The molecule has 2 rings (SSSR count). The molecule has 1 aromatic carbocycles. The molecule has 0 spiro atoms. The minimum Gasteiger partial charge on any atom is -0.370 e. The second kappa shape index (κ2) is 6.48. The zero-order valence-corrected chi connectivity index (χ0v) is 14.8. The molecule has 112 valence electrons. The van der Waals surface area contributed by atoms with E-state index < -0.39 is 0 Å². The number of halogens is 1. The molecule has 1 saturated heterocycles. The third kappa shape index (κ3) is 3.76. The summed E-state index contributed by atoms with van der Waals surface area (Å²) in [5.41, 5.74) is 3.13. The molecule has 1 atom stereocenters. The molecule has 1 aromatic rings. The molecule has 0 aromatic heterocycles. The van der Waals surface area contributed by atoms with Crippen LogP contribution in [0.3, 0.4) is 0 Å². The molecule has 1 N–H and O–H groups in total. The normalized spacial score (nSPS) is 19.4. The van der Waals surface area contributed by atoms with Crippen molar-refractivity contribution >= 4 is 21.6 Å². The molecule has 1 aliphatic heterocycles. The predicted molar refractivity (Wildman–Crippen MR) is 91.5 cm³/mol. The van der Waals surface area contributed by atoms with Gasteiger partial charge >= 0.3 is 0 Å². The summed E-state index contributed by atoms with van der Waals surface area (Å²) in [6.45, 7) is 12.5. The molecule has 0 aliphatic carbocycles. The molecule has 1 heterocycles. The Labute approximate surface area is 132 Å².